The monoisotopic (exact) mass is 738 g/mol. The summed E-state index contributed by atoms with van der Waals surface area (Å²) in [7, 11) is 1.31. The molecule has 290 valence electrons. The van der Waals surface area contributed by atoms with Crippen molar-refractivity contribution in [2.45, 2.75) is 125 Å². The van der Waals surface area contributed by atoms with Crippen molar-refractivity contribution in [3.05, 3.63) is 58.6 Å². The molecule has 2 saturated carbocycles. The third kappa shape index (κ3) is 6.65. The van der Waals surface area contributed by atoms with Crippen LogP contribution in [0, 0.1) is 28.1 Å². The highest BCUT2D eigenvalue weighted by molar-refractivity contribution is 5.88. The van der Waals surface area contributed by atoms with Crippen LogP contribution in [0.3, 0.4) is 0 Å². The fourth-order valence-corrected chi connectivity index (χ4v) is 10.3. The minimum absolute atomic E-state index is 0.126. The Morgan fingerprint density at radius 1 is 0.868 bits per heavy atom. The third-order valence-electron chi connectivity index (χ3n) is 13.0. The van der Waals surface area contributed by atoms with Gasteiger partial charge >= 0.3 is 29.8 Å². The van der Waals surface area contributed by atoms with Crippen molar-refractivity contribution in [3.8, 4) is 0 Å². The van der Waals surface area contributed by atoms with Gasteiger partial charge in [-0.25, -0.2) is 9.59 Å². The lowest BCUT2D eigenvalue weighted by Crippen LogP contribution is -2.72. The van der Waals surface area contributed by atoms with Crippen LogP contribution in [0.1, 0.15) is 100.0 Å². The second kappa shape index (κ2) is 14.9. The Bertz CT molecular complexity index is 1720. The van der Waals surface area contributed by atoms with Gasteiger partial charge in [-0.15, -0.1) is 0 Å². The second-order valence-corrected chi connectivity index (χ2v) is 15.8. The molecular weight excluding hydrogens is 684 g/mol. The molecule has 3 aliphatic carbocycles. The first-order valence-electron chi connectivity index (χ1n) is 18.3. The van der Waals surface area contributed by atoms with Crippen molar-refractivity contribution in [1.29, 1.82) is 0 Å². The van der Waals surface area contributed by atoms with Crippen LogP contribution in [0.25, 0.3) is 0 Å². The molecule has 1 aromatic rings. The summed E-state index contributed by atoms with van der Waals surface area (Å²) >= 11 is 0. The zero-order valence-electron chi connectivity index (χ0n) is 32.7. The summed E-state index contributed by atoms with van der Waals surface area (Å²) < 4.78 is 42.8. The van der Waals surface area contributed by atoms with E-state index in [0.717, 1.165) is 11.1 Å². The molecule has 53 heavy (non-hydrogen) atoms. The third-order valence-corrected chi connectivity index (χ3v) is 13.0. The molecular formula is C41H54O12. The van der Waals surface area contributed by atoms with Gasteiger partial charge in [-0.1, -0.05) is 38.5 Å². The van der Waals surface area contributed by atoms with Crippen molar-refractivity contribution in [1.82, 2.24) is 0 Å². The van der Waals surface area contributed by atoms with Crippen LogP contribution < -0.4 is 0 Å². The van der Waals surface area contributed by atoms with Gasteiger partial charge in [0.15, 0.2) is 0 Å². The Labute approximate surface area is 311 Å². The Morgan fingerprint density at radius 2 is 1.49 bits per heavy atom. The quantitative estimate of drug-likeness (QED) is 0.114. The van der Waals surface area contributed by atoms with E-state index in [0.29, 0.717) is 23.1 Å². The van der Waals surface area contributed by atoms with Crippen LogP contribution in [-0.4, -0.2) is 74.1 Å². The summed E-state index contributed by atoms with van der Waals surface area (Å²) in [5.74, 6) is -4.22. The van der Waals surface area contributed by atoms with E-state index >= 15 is 0 Å². The molecule has 3 fully saturated rings. The van der Waals surface area contributed by atoms with Gasteiger partial charge in [0.25, 0.3) is 0 Å². The molecule has 0 N–H and O–H groups in total. The van der Waals surface area contributed by atoms with Gasteiger partial charge in [0.2, 0.25) is 0 Å². The lowest BCUT2D eigenvalue weighted by Gasteiger charge is -2.66. The Balaban J connectivity index is 1.87. The maximum atomic E-state index is 13.9. The lowest BCUT2D eigenvalue weighted by molar-refractivity contribution is -0.260. The average Bonchev–Trinajstić information content (AvgIpc) is 3.84. The summed E-state index contributed by atoms with van der Waals surface area (Å²) in [5, 5.41) is 0. The molecule has 0 radical (unpaired) electrons. The molecule has 0 spiro atoms. The standard InChI is InChI=1S/C41H54O12/c1-12-21(3)37(45)52-31-18-30(51-25(7)43)39(8)20-49-34-35(39)40(31,9)29(17-32(44)47-11)41(10,36(34)53-38(46)22(4)13-2)33-23(5)27(26-14-15-48-19-26)16-28(33)50-24(6)42/h12-15,19,27-31,34-36H,16-18,20H2,1-11H3/b21-12+,22-13+/t27-,28+,29-,30-,31+,34-,35+,36-,39-,40+,41-/m1/s1. The summed E-state index contributed by atoms with van der Waals surface area (Å²) in [6.07, 6.45) is 2.59. The van der Waals surface area contributed by atoms with E-state index < -0.39 is 88.4 Å². The molecule has 1 aromatic heterocycles. The lowest BCUT2D eigenvalue weighted by atomic mass is 9.39. The maximum Gasteiger partial charge on any atom is 0.333 e. The van der Waals surface area contributed by atoms with Gasteiger partial charge in [0.1, 0.15) is 24.4 Å². The molecule has 0 unspecified atom stereocenters. The predicted octanol–water partition coefficient (Wildman–Crippen LogP) is 6.33. The molecule has 0 aromatic carbocycles. The zero-order chi connectivity index (χ0) is 39.2. The normalized spacial score (nSPS) is 36.7. The molecule has 11 atom stereocenters. The number of esters is 5. The van der Waals surface area contributed by atoms with Gasteiger partial charge in [0.05, 0.1) is 32.3 Å². The Kier molecular flexibility index (Phi) is 11.3. The number of hydrogen-bond donors (Lipinski definition) is 0. The summed E-state index contributed by atoms with van der Waals surface area (Å²) in [6.45, 7) is 17.5. The van der Waals surface area contributed by atoms with E-state index in [2.05, 4.69) is 0 Å². The number of furan rings is 1. The van der Waals surface area contributed by atoms with Crippen molar-refractivity contribution < 1.29 is 56.8 Å². The molecule has 1 aliphatic heterocycles. The predicted molar refractivity (Wildman–Crippen MR) is 191 cm³/mol. The van der Waals surface area contributed by atoms with Gasteiger partial charge < -0.3 is 32.8 Å². The number of carbonyl (C=O) groups is 5. The molecule has 1 saturated heterocycles. The van der Waals surface area contributed by atoms with Crippen LogP contribution >= 0.6 is 0 Å². The molecule has 2 heterocycles. The van der Waals surface area contributed by atoms with E-state index in [9.17, 15) is 24.0 Å². The molecule has 12 nitrogen and oxygen atoms in total. The SMILES string of the molecule is C/C=C(\C)C(=O)O[C@@H]1[C@@H]2OC[C@]3(C)[C@H](OC(C)=O)C[C@H](OC(=O)/C(C)=C/C)[C@@](C)([C@@H]23)[C@@H](CC(=O)OC)[C@]1(C)C1=C(C)[C@H](c2ccoc2)C[C@@H]1OC(C)=O. The van der Waals surface area contributed by atoms with Crippen molar-refractivity contribution in [2.24, 2.45) is 28.1 Å². The summed E-state index contributed by atoms with van der Waals surface area (Å²) in [4.78, 5) is 66.8. The van der Waals surface area contributed by atoms with Crippen LogP contribution in [0.2, 0.25) is 0 Å². The van der Waals surface area contributed by atoms with E-state index in [1.54, 1.807) is 52.4 Å². The van der Waals surface area contributed by atoms with Gasteiger partial charge in [-0.05, 0) is 64.2 Å². The van der Waals surface area contributed by atoms with E-state index in [-0.39, 0.29) is 25.4 Å². The van der Waals surface area contributed by atoms with E-state index in [4.69, 9.17) is 32.8 Å². The molecule has 0 bridgehead atoms. The summed E-state index contributed by atoms with van der Waals surface area (Å²) in [5.41, 5.74) is -0.0318. The number of ether oxygens (including phenoxy) is 6. The van der Waals surface area contributed by atoms with Crippen LogP contribution in [0.15, 0.2) is 57.5 Å². The summed E-state index contributed by atoms with van der Waals surface area (Å²) in [6, 6.07) is 1.86. The highest BCUT2D eigenvalue weighted by atomic mass is 16.6. The zero-order valence-corrected chi connectivity index (χ0v) is 32.7. The second-order valence-electron chi connectivity index (χ2n) is 15.8. The van der Waals surface area contributed by atoms with E-state index in [1.165, 1.54) is 21.0 Å². The molecule has 12 heteroatoms. The smallest absolute Gasteiger partial charge is 0.333 e. The number of hydrogen-bond acceptors (Lipinski definition) is 12. The average molecular weight is 739 g/mol. The van der Waals surface area contributed by atoms with Gasteiger partial charge in [-0.3, -0.25) is 14.4 Å². The Morgan fingerprint density at radius 3 is 2.04 bits per heavy atom. The highest BCUT2D eigenvalue weighted by Crippen LogP contribution is 2.72. The number of methoxy groups -OCH3 is 1. The van der Waals surface area contributed by atoms with Crippen molar-refractivity contribution in [2.75, 3.05) is 13.7 Å². The largest absolute Gasteiger partial charge is 0.472 e. The fourth-order valence-electron chi connectivity index (χ4n) is 10.3. The maximum absolute atomic E-state index is 13.9. The minimum Gasteiger partial charge on any atom is -0.472 e. The molecule has 5 rings (SSSR count). The van der Waals surface area contributed by atoms with Gasteiger partial charge in [-0.2, -0.15) is 0 Å². The number of allylic oxidation sites excluding steroid dienone is 3. The molecule has 4 aliphatic rings. The first kappa shape index (κ1) is 40.0. The van der Waals surface area contributed by atoms with Crippen LogP contribution in [0.5, 0.6) is 0 Å². The van der Waals surface area contributed by atoms with Crippen LogP contribution in [0.4, 0.5) is 0 Å². The first-order chi connectivity index (χ1) is 24.9. The number of carbonyl (C=O) groups excluding carboxylic acids is 5. The van der Waals surface area contributed by atoms with Crippen LogP contribution in [-0.2, 0) is 52.4 Å². The van der Waals surface area contributed by atoms with Gasteiger partial charge in [0, 0.05) is 65.9 Å². The highest BCUT2D eigenvalue weighted by Gasteiger charge is 2.77. The van der Waals surface area contributed by atoms with Crippen molar-refractivity contribution >= 4 is 29.8 Å². The fraction of sp³-hybridized carbons (Fsp3) is 0.634. The molecule has 0 amide bonds. The number of rotatable bonds is 10. The van der Waals surface area contributed by atoms with Crippen molar-refractivity contribution in [3.63, 3.8) is 0 Å². The minimum atomic E-state index is -1.28. The Hall–Kier alpha value is -4.19. The first-order valence-corrected chi connectivity index (χ1v) is 18.3. The van der Waals surface area contributed by atoms with E-state index in [1.807, 2.05) is 33.8 Å². The topological polar surface area (TPSA) is 154 Å².